The number of hydrogen-bond acceptors (Lipinski definition) is 2. The van der Waals surface area contributed by atoms with Crippen molar-refractivity contribution in [2.75, 3.05) is 19.6 Å². The van der Waals surface area contributed by atoms with Crippen LogP contribution in [0.2, 0.25) is 0 Å². The Labute approximate surface area is 95.0 Å². The first-order valence-corrected chi connectivity index (χ1v) is 5.74. The molecule has 0 aromatic rings. The van der Waals surface area contributed by atoms with Crippen LogP contribution in [0.1, 0.15) is 26.7 Å². The van der Waals surface area contributed by atoms with Gasteiger partial charge in [-0.05, 0) is 12.3 Å². The van der Waals surface area contributed by atoms with Crippen LogP contribution in [0.25, 0.3) is 0 Å². The van der Waals surface area contributed by atoms with Gasteiger partial charge >= 0.3 is 0 Å². The lowest BCUT2D eigenvalue weighted by atomic mass is 9.93. The third-order valence-electron chi connectivity index (χ3n) is 3.08. The lowest BCUT2D eigenvalue weighted by Crippen LogP contribution is -2.49. The van der Waals surface area contributed by atoms with Gasteiger partial charge in [0.25, 0.3) is 5.92 Å². The Balaban J connectivity index is 2.66. The number of piperidine rings is 1. The van der Waals surface area contributed by atoms with Crippen molar-refractivity contribution in [3.8, 4) is 0 Å². The van der Waals surface area contributed by atoms with Crippen LogP contribution in [0.15, 0.2) is 0 Å². The summed E-state index contributed by atoms with van der Waals surface area (Å²) in [6.07, 6.45) is 0.250. The van der Waals surface area contributed by atoms with Crippen molar-refractivity contribution in [2.24, 2.45) is 17.6 Å². The molecule has 94 valence electrons. The predicted molar refractivity (Wildman–Crippen MR) is 58.1 cm³/mol. The summed E-state index contributed by atoms with van der Waals surface area (Å²) in [6.45, 7) is 3.97. The van der Waals surface area contributed by atoms with Crippen molar-refractivity contribution >= 4 is 5.91 Å². The molecule has 1 aliphatic heterocycles. The summed E-state index contributed by atoms with van der Waals surface area (Å²) < 4.78 is 26.3. The number of amides is 1. The molecule has 0 radical (unpaired) electrons. The summed E-state index contributed by atoms with van der Waals surface area (Å²) in [4.78, 5) is 13.2. The number of halogens is 2. The zero-order valence-electron chi connectivity index (χ0n) is 9.88. The fraction of sp³-hybridized carbons (Fsp3) is 0.909. The minimum absolute atomic E-state index is 0.0908. The molecule has 5 heteroatoms. The van der Waals surface area contributed by atoms with Crippen LogP contribution >= 0.6 is 0 Å². The van der Waals surface area contributed by atoms with Gasteiger partial charge in [-0.2, -0.15) is 0 Å². The van der Waals surface area contributed by atoms with Gasteiger partial charge in [-0.15, -0.1) is 0 Å². The zero-order valence-corrected chi connectivity index (χ0v) is 9.88. The second-order valence-corrected chi connectivity index (χ2v) is 4.81. The van der Waals surface area contributed by atoms with Crippen LogP contribution < -0.4 is 5.73 Å². The molecule has 1 fully saturated rings. The molecular weight excluding hydrogens is 214 g/mol. The van der Waals surface area contributed by atoms with Crippen LogP contribution in [0.5, 0.6) is 0 Å². The first-order chi connectivity index (χ1) is 7.37. The van der Waals surface area contributed by atoms with Crippen LogP contribution in [-0.4, -0.2) is 36.4 Å². The van der Waals surface area contributed by atoms with Crippen LogP contribution in [0.4, 0.5) is 8.78 Å². The van der Waals surface area contributed by atoms with E-state index >= 15 is 0 Å². The van der Waals surface area contributed by atoms with E-state index in [1.54, 1.807) is 0 Å². The molecule has 0 aliphatic carbocycles. The van der Waals surface area contributed by atoms with Gasteiger partial charge in [0.1, 0.15) is 0 Å². The molecule has 1 heterocycles. The molecule has 1 unspecified atom stereocenters. The Morgan fingerprint density at radius 1 is 1.50 bits per heavy atom. The maximum absolute atomic E-state index is 13.2. The SMILES string of the molecule is CC(C)C(CN)C(=O)N1CCCC(F)(F)C1. The van der Waals surface area contributed by atoms with E-state index in [1.165, 1.54) is 4.90 Å². The maximum Gasteiger partial charge on any atom is 0.265 e. The smallest absolute Gasteiger partial charge is 0.265 e. The third kappa shape index (κ3) is 3.14. The summed E-state index contributed by atoms with van der Waals surface area (Å²) >= 11 is 0. The molecular formula is C11H20F2N2O. The fourth-order valence-corrected chi connectivity index (χ4v) is 2.05. The molecule has 1 saturated heterocycles. The molecule has 0 aromatic heterocycles. The summed E-state index contributed by atoms with van der Waals surface area (Å²) in [5.74, 6) is -3.21. The van der Waals surface area contributed by atoms with Gasteiger partial charge in [0, 0.05) is 19.5 Å². The van der Waals surface area contributed by atoms with Gasteiger partial charge in [0.05, 0.1) is 12.5 Å². The molecule has 2 N–H and O–H groups in total. The maximum atomic E-state index is 13.2. The molecule has 1 rings (SSSR count). The molecule has 0 saturated carbocycles. The highest BCUT2D eigenvalue weighted by atomic mass is 19.3. The molecule has 1 atom stereocenters. The minimum atomic E-state index is -2.73. The second kappa shape index (κ2) is 5.08. The molecule has 0 bridgehead atoms. The number of carbonyl (C=O) groups excluding carboxylic acids is 1. The van der Waals surface area contributed by atoms with E-state index in [0.717, 1.165) is 0 Å². The highest BCUT2D eigenvalue weighted by molar-refractivity contribution is 5.79. The number of nitrogens with zero attached hydrogens (tertiary/aromatic N) is 1. The van der Waals surface area contributed by atoms with Crippen molar-refractivity contribution in [1.29, 1.82) is 0 Å². The fourth-order valence-electron chi connectivity index (χ4n) is 2.05. The standard InChI is InChI=1S/C11H20F2N2O/c1-8(2)9(6-14)10(16)15-5-3-4-11(12,13)7-15/h8-9H,3-7,14H2,1-2H3. The second-order valence-electron chi connectivity index (χ2n) is 4.81. The van der Waals surface area contributed by atoms with Crippen molar-refractivity contribution in [2.45, 2.75) is 32.6 Å². The number of hydrogen-bond donors (Lipinski definition) is 1. The van der Waals surface area contributed by atoms with E-state index in [0.29, 0.717) is 13.0 Å². The molecule has 16 heavy (non-hydrogen) atoms. The Morgan fingerprint density at radius 2 is 2.12 bits per heavy atom. The Bertz CT molecular complexity index is 256. The predicted octanol–water partition coefficient (Wildman–Crippen LogP) is 1.47. The summed E-state index contributed by atoms with van der Waals surface area (Å²) in [5, 5.41) is 0. The van der Waals surface area contributed by atoms with Crippen molar-refractivity contribution < 1.29 is 13.6 Å². The highest BCUT2D eigenvalue weighted by Crippen LogP contribution is 2.28. The molecule has 1 aliphatic rings. The molecule has 1 amide bonds. The van der Waals surface area contributed by atoms with Gasteiger partial charge < -0.3 is 10.6 Å². The monoisotopic (exact) mass is 234 g/mol. The van der Waals surface area contributed by atoms with E-state index in [9.17, 15) is 13.6 Å². The average Bonchev–Trinajstić information content (AvgIpc) is 2.16. The van der Waals surface area contributed by atoms with Gasteiger partial charge in [0.2, 0.25) is 5.91 Å². The van der Waals surface area contributed by atoms with E-state index in [2.05, 4.69) is 0 Å². The molecule has 0 aromatic carbocycles. The first kappa shape index (κ1) is 13.4. The van der Waals surface area contributed by atoms with Gasteiger partial charge in [-0.25, -0.2) is 8.78 Å². The van der Waals surface area contributed by atoms with Gasteiger partial charge in [-0.3, -0.25) is 4.79 Å². The topological polar surface area (TPSA) is 46.3 Å². The number of nitrogens with two attached hydrogens (primary N) is 1. The quantitative estimate of drug-likeness (QED) is 0.804. The summed E-state index contributed by atoms with van der Waals surface area (Å²) in [5.41, 5.74) is 5.51. The first-order valence-electron chi connectivity index (χ1n) is 5.74. The minimum Gasteiger partial charge on any atom is -0.336 e. The van der Waals surface area contributed by atoms with Crippen molar-refractivity contribution in [1.82, 2.24) is 4.90 Å². The average molecular weight is 234 g/mol. The highest BCUT2D eigenvalue weighted by Gasteiger charge is 2.38. The Hall–Kier alpha value is -0.710. The number of rotatable bonds is 3. The summed E-state index contributed by atoms with van der Waals surface area (Å²) in [7, 11) is 0. The largest absolute Gasteiger partial charge is 0.336 e. The Kier molecular flexibility index (Phi) is 4.24. The van der Waals surface area contributed by atoms with E-state index in [4.69, 9.17) is 5.73 Å². The lowest BCUT2D eigenvalue weighted by molar-refractivity contribution is -0.146. The number of likely N-dealkylation sites (tertiary alicyclic amines) is 1. The van der Waals surface area contributed by atoms with E-state index in [-0.39, 0.29) is 30.7 Å². The van der Waals surface area contributed by atoms with Crippen LogP contribution in [0, 0.1) is 11.8 Å². The van der Waals surface area contributed by atoms with E-state index < -0.39 is 12.5 Å². The molecule has 0 spiro atoms. The lowest BCUT2D eigenvalue weighted by Gasteiger charge is -2.35. The van der Waals surface area contributed by atoms with Crippen LogP contribution in [0.3, 0.4) is 0 Å². The summed E-state index contributed by atoms with van der Waals surface area (Å²) in [6, 6.07) is 0. The number of carbonyl (C=O) groups is 1. The van der Waals surface area contributed by atoms with E-state index in [1.807, 2.05) is 13.8 Å². The zero-order chi connectivity index (χ0) is 12.3. The van der Waals surface area contributed by atoms with Crippen molar-refractivity contribution in [3.63, 3.8) is 0 Å². The Morgan fingerprint density at radius 3 is 2.56 bits per heavy atom. The molecule has 3 nitrogen and oxygen atoms in total. The van der Waals surface area contributed by atoms with Gasteiger partial charge in [0.15, 0.2) is 0 Å². The van der Waals surface area contributed by atoms with Gasteiger partial charge in [-0.1, -0.05) is 13.8 Å². The number of alkyl halides is 2. The van der Waals surface area contributed by atoms with Crippen molar-refractivity contribution in [3.05, 3.63) is 0 Å². The van der Waals surface area contributed by atoms with Crippen LogP contribution in [-0.2, 0) is 4.79 Å². The third-order valence-corrected chi connectivity index (χ3v) is 3.08. The normalized spacial score (nSPS) is 22.2.